The van der Waals surface area contributed by atoms with Crippen LogP contribution in [-0.2, 0) is 6.42 Å². The standard InChI is InChI=1S/C27H32FN5O/c1-30(2)23-10-13-32(18-23)26-6-4-22(16-25(26)28)33-14-9-20-15-21(3-5-24(20)27(33)34)31-11-7-19(17-29)8-12-31/h3-6,15-16,19,23H,7-14,18H2,1-2H3/t23-/m1/s1. The minimum absolute atomic E-state index is 0.0722. The second-order valence-electron chi connectivity index (χ2n) is 9.93. The smallest absolute Gasteiger partial charge is 0.258 e. The molecule has 2 fully saturated rings. The Kier molecular flexibility index (Phi) is 6.18. The molecule has 0 unspecified atom stereocenters. The van der Waals surface area contributed by atoms with E-state index in [4.69, 9.17) is 5.26 Å². The lowest BCUT2D eigenvalue weighted by molar-refractivity contribution is 0.0980. The van der Waals surface area contributed by atoms with Crippen LogP contribution in [0.4, 0.5) is 21.5 Å². The van der Waals surface area contributed by atoms with Gasteiger partial charge in [0.25, 0.3) is 5.91 Å². The van der Waals surface area contributed by atoms with Crippen LogP contribution in [0.1, 0.15) is 35.2 Å². The highest BCUT2D eigenvalue weighted by Crippen LogP contribution is 2.33. The molecule has 2 saturated heterocycles. The number of halogens is 1. The van der Waals surface area contributed by atoms with Gasteiger partial charge in [-0.3, -0.25) is 4.79 Å². The van der Waals surface area contributed by atoms with Crippen molar-refractivity contribution < 1.29 is 9.18 Å². The van der Waals surface area contributed by atoms with Crippen molar-refractivity contribution in [2.24, 2.45) is 5.92 Å². The van der Waals surface area contributed by atoms with E-state index in [1.165, 1.54) is 6.07 Å². The Morgan fingerprint density at radius 2 is 1.71 bits per heavy atom. The summed E-state index contributed by atoms with van der Waals surface area (Å²) in [7, 11) is 4.12. The second kappa shape index (κ2) is 9.27. The lowest BCUT2D eigenvalue weighted by atomic mass is 9.95. The fourth-order valence-corrected chi connectivity index (χ4v) is 5.49. The number of piperidine rings is 1. The monoisotopic (exact) mass is 461 g/mol. The van der Waals surface area contributed by atoms with Gasteiger partial charge in [0.15, 0.2) is 0 Å². The molecule has 0 aliphatic carbocycles. The van der Waals surface area contributed by atoms with E-state index < -0.39 is 0 Å². The molecule has 6 nitrogen and oxygen atoms in total. The van der Waals surface area contributed by atoms with Gasteiger partial charge < -0.3 is 19.6 Å². The molecule has 7 heteroatoms. The minimum atomic E-state index is -0.272. The molecule has 34 heavy (non-hydrogen) atoms. The summed E-state index contributed by atoms with van der Waals surface area (Å²) in [6.45, 7) is 3.93. The van der Waals surface area contributed by atoms with Crippen molar-refractivity contribution in [2.45, 2.75) is 31.7 Å². The maximum Gasteiger partial charge on any atom is 0.258 e. The number of carbonyl (C=O) groups excluding carboxylic acids is 1. The number of anilines is 3. The summed E-state index contributed by atoms with van der Waals surface area (Å²) in [6, 6.07) is 14.0. The third-order valence-corrected chi connectivity index (χ3v) is 7.69. The molecule has 0 spiro atoms. The zero-order valence-corrected chi connectivity index (χ0v) is 20.0. The summed E-state index contributed by atoms with van der Waals surface area (Å²) in [4.78, 5) is 21.6. The zero-order valence-electron chi connectivity index (χ0n) is 20.0. The van der Waals surface area contributed by atoms with E-state index in [-0.39, 0.29) is 17.6 Å². The molecule has 0 N–H and O–H groups in total. The number of amides is 1. The van der Waals surface area contributed by atoms with Crippen LogP contribution < -0.4 is 14.7 Å². The summed E-state index contributed by atoms with van der Waals surface area (Å²) in [6.07, 6.45) is 3.53. The predicted molar refractivity (Wildman–Crippen MR) is 133 cm³/mol. The quantitative estimate of drug-likeness (QED) is 0.691. The van der Waals surface area contributed by atoms with Gasteiger partial charge in [-0.25, -0.2) is 4.39 Å². The predicted octanol–water partition coefficient (Wildman–Crippen LogP) is 3.91. The molecule has 0 aromatic heterocycles. The lowest BCUT2D eigenvalue weighted by Gasteiger charge is -2.33. The molecule has 2 aromatic carbocycles. The molecular formula is C27H32FN5O. The first-order valence-corrected chi connectivity index (χ1v) is 12.2. The van der Waals surface area contributed by atoms with Crippen LogP contribution in [0.3, 0.4) is 0 Å². The zero-order chi connectivity index (χ0) is 23.8. The molecule has 3 aliphatic rings. The molecule has 1 amide bonds. The van der Waals surface area contributed by atoms with E-state index in [2.05, 4.69) is 40.9 Å². The summed E-state index contributed by atoms with van der Waals surface area (Å²) < 4.78 is 15.1. The fourth-order valence-electron chi connectivity index (χ4n) is 5.49. The van der Waals surface area contributed by atoms with Gasteiger partial charge in [-0.1, -0.05) is 0 Å². The molecule has 2 aromatic rings. The first-order chi connectivity index (χ1) is 16.4. The van der Waals surface area contributed by atoms with E-state index in [1.54, 1.807) is 4.90 Å². The first kappa shape index (κ1) is 22.7. The average molecular weight is 462 g/mol. The minimum Gasteiger partial charge on any atom is -0.371 e. The Morgan fingerprint density at radius 3 is 2.38 bits per heavy atom. The lowest BCUT2D eigenvalue weighted by Crippen LogP contribution is -2.38. The summed E-state index contributed by atoms with van der Waals surface area (Å²) >= 11 is 0. The normalized spacial score (nSPS) is 21.2. The van der Waals surface area contributed by atoms with Crippen molar-refractivity contribution in [2.75, 3.05) is 61.5 Å². The second-order valence-corrected chi connectivity index (χ2v) is 9.93. The molecule has 5 rings (SSSR count). The van der Waals surface area contributed by atoms with Crippen LogP contribution >= 0.6 is 0 Å². The van der Waals surface area contributed by atoms with Crippen LogP contribution in [-0.4, -0.2) is 63.7 Å². The number of fused-ring (bicyclic) bond motifs is 1. The van der Waals surface area contributed by atoms with E-state index in [9.17, 15) is 4.79 Å². The molecule has 0 bridgehead atoms. The van der Waals surface area contributed by atoms with Crippen LogP contribution in [0, 0.1) is 23.1 Å². The largest absolute Gasteiger partial charge is 0.371 e. The van der Waals surface area contributed by atoms with Crippen LogP contribution in [0.25, 0.3) is 0 Å². The molecule has 1 atom stereocenters. The Hall–Kier alpha value is -3.11. The Morgan fingerprint density at radius 1 is 0.971 bits per heavy atom. The van der Waals surface area contributed by atoms with Crippen LogP contribution in [0.5, 0.6) is 0 Å². The first-order valence-electron chi connectivity index (χ1n) is 12.2. The van der Waals surface area contributed by atoms with E-state index in [1.807, 2.05) is 24.3 Å². The van der Waals surface area contributed by atoms with Gasteiger partial charge in [-0.2, -0.15) is 5.26 Å². The maximum absolute atomic E-state index is 15.1. The number of hydrogen-bond acceptors (Lipinski definition) is 5. The number of carbonyl (C=O) groups is 1. The average Bonchev–Trinajstić information content (AvgIpc) is 3.34. The number of nitriles is 1. The topological polar surface area (TPSA) is 53.8 Å². The van der Waals surface area contributed by atoms with Crippen LogP contribution in [0.2, 0.25) is 0 Å². The summed E-state index contributed by atoms with van der Waals surface area (Å²) in [5, 5.41) is 9.13. The Bertz CT molecular complexity index is 1120. The van der Waals surface area contributed by atoms with Crippen molar-refractivity contribution >= 4 is 23.0 Å². The highest BCUT2D eigenvalue weighted by molar-refractivity contribution is 6.08. The molecule has 0 radical (unpaired) electrons. The highest BCUT2D eigenvalue weighted by Gasteiger charge is 2.29. The Labute approximate surface area is 201 Å². The van der Waals surface area contributed by atoms with Gasteiger partial charge >= 0.3 is 0 Å². The maximum atomic E-state index is 15.1. The van der Waals surface area contributed by atoms with E-state index in [0.717, 1.165) is 63.1 Å². The Balaban J connectivity index is 1.30. The van der Waals surface area contributed by atoms with Gasteiger partial charge in [0.05, 0.1) is 11.8 Å². The van der Waals surface area contributed by atoms with Gasteiger partial charge in [0.2, 0.25) is 0 Å². The highest BCUT2D eigenvalue weighted by atomic mass is 19.1. The molecule has 178 valence electrons. The van der Waals surface area contributed by atoms with E-state index in [0.29, 0.717) is 29.5 Å². The van der Waals surface area contributed by atoms with Gasteiger partial charge in [-0.15, -0.1) is 0 Å². The number of rotatable bonds is 4. The molecule has 3 heterocycles. The van der Waals surface area contributed by atoms with Crippen molar-refractivity contribution in [1.82, 2.24) is 4.90 Å². The van der Waals surface area contributed by atoms with Crippen molar-refractivity contribution in [3.63, 3.8) is 0 Å². The number of nitrogens with zero attached hydrogens (tertiary/aromatic N) is 5. The van der Waals surface area contributed by atoms with Gasteiger partial charge in [0, 0.05) is 61.6 Å². The number of likely N-dealkylation sites (N-methyl/N-ethyl adjacent to an activating group) is 1. The third kappa shape index (κ3) is 4.23. The van der Waals surface area contributed by atoms with Crippen LogP contribution in [0.15, 0.2) is 36.4 Å². The SMILES string of the molecule is CN(C)[C@@H]1CCN(c2ccc(N3CCc4cc(N5CCC(C#N)CC5)ccc4C3=O)cc2F)C1. The molecule has 3 aliphatic heterocycles. The van der Waals surface area contributed by atoms with Crippen molar-refractivity contribution in [1.29, 1.82) is 5.26 Å². The number of hydrogen-bond donors (Lipinski definition) is 0. The summed E-state index contributed by atoms with van der Waals surface area (Å²) in [5.41, 5.74) is 4.09. The summed E-state index contributed by atoms with van der Waals surface area (Å²) in [5.74, 6) is -0.195. The molecular weight excluding hydrogens is 429 g/mol. The van der Waals surface area contributed by atoms with Gasteiger partial charge in [0.1, 0.15) is 5.82 Å². The third-order valence-electron chi connectivity index (χ3n) is 7.69. The van der Waals surface area contributed by atoms with Gasteiger partial charge in [-0.05, 0) is 81.7 Å². The van der Waals surface area contributed by atoms with Crippen molar-refractivity contribution in [3.8, 4) is 6.07 Å². The molecule has 0 saturated carbocycles. The van der Waals surface area contributed by atoms with E-state index >= 15 is 4.39 Å². The van der Waals surface area contributed by atoms with Crippen molar-refractivity contribution in [3.05, 3.63) is 53.3 Å². The fraction of sp³-hybridized carbons (Fsp3) is 0.481. The number of benzene rings is 2.